The zero-order valence-electron chi connectivity index (χ0n) is 15.9. The molecule has 1 unspecified atom stereocenters. The normalized spacial score (nSPS) is 16.8. The Hall–Kier alpha value is -2.82. The van der Waals surface area contributed by atoms with Crippen LogP contribution in [0.4, 0.5) is 4.79 Å². The molecule has 0 aliphatic carbocycles. The van der Waals surface area contributed by atoms with Gasteiger partial charge >= 0.3 is 6.03 Å². The summed E-state index contributed by atoms with van der Waals surface area (Å²) in [6.45, 7) is 5.38. The average molecular weight is 365 g/mol. The molecule has 0 aromatic heterocycles. The Morgan fingerprint density at radius 3 is 2.11 bits per heavy atom. The third-order valence-electron chi connectivity index (χ3n) is 5.30. The highest BCUT2D eigenvalue weighted by atomic mass is 16.2. The number of amides is 3. The molecule has 1 heterocycles. The number of hydrogen-bond acceptors (Lipinski definition) is 2. The minimum Gasteiger partial charge on any atom is -0.352 e. The van der Waals surface area contributed by atoms with E-state index in [1.807, 2.05) is 36.4 Å². The summed E-state index contributed by atoms with van der Waals surface area (Å²) in [5.41, 5.74) is 2.00. The second-order valence-corrected chi connectivity index (χ2v) is 7.36. The fourth-order valence-corrected chi connectivity index (χ4v) is 3.70. The number of urea groups is 1. The van der Waals surface area contributed by atoms with Gasteiger partial charge in [0.05, 0.1) is 0 Å². The van der Waals surface area contributed by atoms with Crippen molar-refractivity contribution < 1.29 is 9.59 Å². The maximum Gasteiger partial charge on any atom is 0.317 e. The van der Waals surface area contributed by atoms with Crippen LogP contribution in [0, 0.1) is 0 Å². The SMILES string of the molecule is CC(=O)NC1CCN(C(=O)NCC(C)(c2ccccc2)c2ccccc2)C1. The van der Waals surface area contributed by atoms with Crippen LogP contribution < -0.4 is 10.6 Å². The summed E-state index contributed by atoms with van der Waals surface area (Å²) in [4.78, 5) is 25.7. The molecule has 0 spiro atoms. The second-order valence-electron chi connectivity index (χ2n) is 7.36. The van der Waals surface area contributed by atoms with Crippen molar-refractivity contribution in [3.05, 3.63) is 71.8 Å². The molecule has 3 rings (SSSR count). The lowest BCUT2D eigenvalue weighted by Gasteiger charge is -2.32. The predicted octanol–water partition coefficient (Wildman–Crippen LogP) is 2.91. The molecule has 2 aromatic rings. The molecule has 5 heteroatoms. The number of rotatable bonds is 5. The monoisotopic (exact) mass is 365 g/mol. The molecule has 27 heavy (non-hydrogen) atoms. The molecule has 2 aromatic carbocycles. The molecule has 1 fully saturated rings. The highest BCUT2D eigenvalue weighted by molar-refractivity contribution is 5.76. The first-order chi connectivity index (χ1) is 13.0. The van der Waals surface area contributed by atoms with Gasteiger partial charge in [0.15, 0.2) is 0 Å². The van der Waals surface area contributed by atoms with Gasteiger partial charge in [-0.3, -0.25) is 4.79 Å². The maximum atomic E-state index is 12.7. The van der Waals surface area contributed by atoms with Crippen molar-refractivity contribution in [2.24, 2.45) is 0 Å². The van der Waals surface area contributed by atoms with Gasteiger partial charge in [0.25, 0.3) is 0 Å². The minimum absolute atomic E-state index is 0.0443. The second kappa shape index (κ2) is 8.25. The largest absolute Gasteiger partial charge is 0.352 e. The zero-order chi connectivity index (χ0) is 19.3. The van der Waals surface area contributed by atoms with Crippen LogP contribution in [0.2, 0.25) is 0 Å². The van der Waals surface area contributed by atoms with Gasteiger partial charge in [0, 0.05) is 38.0 Å². The van der Waals surface area contributed by atoms with Gasteiger partial charge in [-0.2, -0.15) is 0 Å². The lowest BCUT2D eigenvalue weighted by Crippen LogP contribution is -2.46. The zero-order valence-corrected chi connectivity index (χ0v) is 15.9. The molecule has 1 aliphatic heterocycles. The van der Waals surface area contributed by atoms with E-state index in [4.69, 9.17) is 0 Å². The average Bonchev–Trinajstić information content (AvgIpc) is 3.15. The lowest BCUT2D eigenvalue weighted by atomic mass is 9.76. The van der Waals surface area contributed by atoms with Crippen molar-refractivity contribution in [2.45, 2.75) is 31.7 Å². The van der Waals surface area contributed by atoms with Gasteiger partial charge in [0.2, 0.25) is 5.91 Å². The quantitative estimate of drug-likeness (QED) is 0.856. The molecular formula is C22H27N3O2. The minimum atomic E-state index is -0.324. The Balaban J connectivity index is 1.71. The topological polar surface area (TPSA) is 61.4 Å². The van der Waals surface area contributed by atoms with E-state index in [2.05, 4.69) is 41.8 Å². The van der Waals surface area contributed by atoms with Gasteiger partial charge in [-0.25, -0.2) is 4.79 Å². The van der Waals surface area contributed by atoms with Crippen LogP contribution in [-0.4, -0.2) is 42.5 Å². The number of carbonyl (C=O) groups is 2. The first-order valence-electron chi connectivity index (χ1n) is 9.40. The standard InChI is InChI=1S/C22H27N3O2/c1-17(26)24-20-13-14-25(15-20)21(27)23-16-22(2,18-9-5-3-6-10-18)19-11-7-4-8-12-19/h3-12,20H,13-16H2,1-2H3,(H,23,27)(H,24,26). The third kappa shape index (κ3) is 4.48. The molecule has 3 amide bonds. The van der Waals surface area contributed by atoms with Crippen molar-refractivity contribution in [3.63, 3.8) is 0 Å². The van der Waals surface area contributed by atoms with E-state index in [9.17, 15) is 9.59 Å². The summed E-state index contributed by atoms with van der Waals surface area (Å²) in [5, 5.41) is 6.00. The fraction of sp³-hybridized carbons (Fsp3) is 0.364. The summed E-state index contributed by atoms with van der Waals surface area (Å²) < 4.78 is 0. The number of nitrogens with zero attached hydrogens (tertiary/aromatic N) is 1. The Bertz CT molecular complexity index is 737. The first-order valence-corrected chi connectivity index (χ1v) is 9.40. The molecule has 1 atom stereocenters. The first kappa shape index (κ1) is 19.0. The molecule has 0 radical (unpaired) electrons. The van der Waals surface area contributed by atoms with E-state index in [1.54, 1.807) is 4.90 Å². The van der Waals surface area contributed by atoms with Crippen LogP contribution in [0.3, 0.4) is 0 Å². The van der Waals surface area contributed by atoms with E-state index in [0.29, 0.717) is 19.6 Å². The molecular weight excluding hydrogens is 338 g/mol. The summed E-state index contributed by atoms with van der Waals surface area (Å²) in [5.74, 6) is -0.0528. The van der Waals surface area contributed by atoms with Crippen LogP contribution in [0.1, 0.15) is 31.4 Å². The van der Waals surface area contributed by atoms with Crippen molar-refractivity contribution in [2.75, 3.05) is 19.6 Å². The Morgan fingerprint density at radius 1 is 1.04 bits per heavy atom. The molecule has 1 saturated heterocycles. The van der Waals surface area contributed by atoms with Crippen LogP contribution in [-0.2, 0) is 10.2 Å². The van der Waals surface area contributed by atoms with Crippen molar-refractivity contribution in [3.8, 4) is 0 Å². The van der Waals surface area contributed by atoms with Crippen molar-refractivity contribution >= 4 is 11.9 Å². The Morgan fingerprint density at radius 2 is 1.59 bits per heavy atom. The van der Waals surface area contributed by atoms with Crippen LogP contribution in [0.15, 0.2) is 60.7 Å². The number of likely N-dealkylation sites (tertiary alicyclic amines) is 1. The van der Waals surface area contributed by atoms with E-state index >= 15 is 0 Å². The Labute approximate surface area is 160 Å². The summed E-state index contributed by atoms with van der Waals surface area (Å²) in [6.07, 6.45) is 0.793. The fourth-order valence-electron chi connectivity index (χ4n) is 3.70. The summed E-state index contributed by atoms with van der Waals surface area (Å²) >= 11 is 0. The summed E-state index contributed by atoms with van der Waals surface area (Å²) in [7, 11) is 0. The Kier molecular flexibility index (Phi) is 5.79. The molecule has 0 bridgehead atoms. The third-order valence-corrected chi connectivity index (χ3v) is 5.30. The molecule has 2 N–H and O–H groups in total. The molecule has 1 aliphatic rings. The predicted molar refractivity (Wildman–Crippen MR) is 107 cm³/mol. The van der Waals surface area contributed by atoms with Crippen LogP contribution in [0.5, 0.6) is 0 Å². The van der Waals surface area contributed by atoms with E-state index in [-0.39, 0.29) is 23.4 Å². The lowest BCUT2D eigenvalue weighted by molar-refractivity contribution is -0.119. The smallest absolute Gasteiger partial charge is 0.317 e. The van der Waals surface area contributed by atoms with Gasteiger partial charge in [-0.1, -0.05) is 60.7 Å². The number of carbonyl (C=O) groups excluding carboxylic acids is 2. The van der Waals surface area contributed by atoms with Gasteiger partial charge in [-0.05, 0) is 24.5 Å². The van der Waals surface area contributed by atoms with Crippen molar-refractivity contribution in [1.82, 2.24) is 15.5 Å². The van der Waals surface area contributed by atoms with Crippen LogP contribution in [0.25, 0.3) is 0 Å². The summed E-state index contributed by atoms with van der Waals surface area (Å²) in [6, 6.07) is 20.5. The highest BCUT2D eigenvalue weighted by Gasteiger charge is 2.32. The van der Waals surface area contributed by atoms with Gasteiger partial charge in [-0.15, -0.1) is 0 Å². The number of nitrogens with one attached hydrogen (secondary N) is 2. The van der Waals surface area contributed by atoms with Crippen LogP contribution >= 0.6 is 0 Å². The molecule has 0 saturated carbocycles. The van der Waals surface area contributed by atoms with E-state index < -0.39 is 0 Å². The molecule has 5 nitrogen and oxygen atoms in total. The maximum absolute atomic E-state index is 12.7. The van der Waals surface area contributed by atoms with E-state index in [0.717, 1.165) is 17.5 Å². The van der Waals surface area contributed by atoms with Gasteiger partial charge < -0.3 is 15.5 Å². The molecule has 142 valence electrons. The highest BCUT2D eigenvalue weighted by Crippen LogP contribution is 2.31. The van der Waals surface area contributed by atoms with Crippen molar-refractivity contribution in [1.29, 1.82) is 0 Å². The number of benzene rings is 2. The number of hydrogen-bond donors (Lipinski definition) is 2. The van der Waals surface area contributed by atoms with E-state index in [1.165, 1.54) is 6.92 Å². The van der Waals surface area contributed by atoms with Gasteiger partial charge in [0.1, 0.15) is 0 Å².